The summed E-state index contributed by atoms with van der Waals surface area (Å²) in [4.78, 5) is 36.4. The number of nitrogens with zero attached hydrogens (tertiary/aromatic N) is 1. The third-order valence-electron chi connectivity index (χ3n) is 9.19. The third-order valence-corrected chi connectivity index (χ3v) is 12.2. The fourth-order valence-electron chi connectivity index (χ4n) is 5.87. The molecule has 0 saturated heterocycles. The summed E-state index contributed by atoms with van der Waals surface area (Å²) in [7, 11) is -8.04. The number of sulfonamides is 2. The number of ketones is 2. The molecule has 17 heteroatoms. The number of anilines is 2. The van der Waals surface area contributed by atoms with Gasteiger partial charge in [-0.25, -0.2) is 16.8 Å². The number of benzene rings is 6. The second kappa shape index (κ2) is 18.9. The number of hydrogen-bond acceptors (Lipinski definition) is 8. The third kappa shape index (κ3) is 11.5. The average molecular weight is 892 g/mol. The molecule has 0 heterocycles. The number of carbonyl (C=O) groups is 2. The van der Waals surface area contributed by atoms with E-state index in [1.807, 2.05) is 26.8 Å². The zero-order valence-electron chi connectivity index (χ0n) is 32.7. The van der Waals surface area contributed by atoms with Gasteiger partial charge in [0.15, 0.2) is 11.6 Å². The maximum absolute atomic E-state index is 13.1. The van der Waals surface area contributed by atoms with Gasteiger partial charge in [0.2, 0.25) is 0 Å². The first-order valence-corrected chi connectivity index (χ1v) is 21.7. The molecule has 0 amide bonds. The molecule has 0 unspecified atom stereocenters. The minimum Gasteiger partial charge on any atom is -0.289 e. The molecule has 0 aliphatic rings. The molecular weight excluding hydrogens is 855 g/mol. The Hall–Kier alpha value is -6.36. The van der Waals surface area contributed by atoms with Crippen LogP contribution in [0, 0.1) is 17.0 Å². The maximum atomic E-state index is 13.1. The molecule has 316 valence electrons. The van der Waals surface area contributed by atoms with Crippen molar-refractivity contribution >= 4 is 60.3 Å². The van der Waals surface area contributed by atoms with Gasteiger partial charge in [-0.1, -0.05) is 85.6 Å². The second-order valence-corrected chi connectivity index (χ2v) is 17.3. The van der Waals surface area contributed by atoms with Gasteiger partial charge in [0.1, 0.15) is 0 Å². The summed E-state index contributed by atoms with van der Waals surface area (Å²) in [6.45, 7) is 5.78. The summed E-state index contributed by atoms with van der Waals surface area (Å²) in [6, 6.07) is 30.6. The number of nitro groups is 1. The van der Waals surface area contributed by atoms with Gasteiger partial charge in [-0.2, -0.15) is 13.2 Å². The Balaban J connectivity index is 0.000000234. The fourth-order valence-corrected chi connectivity index (χ4v) is 8.20. The average Bonchev–Trinajstić information content (AvgIpc) is 3.23. The summed E-state index contributed by atoms with van der Waals surface area (Å²) in [6.07, 6.45) is -3.21. The van der Waals surface area contributed by atoms with Crippen molar-refractivity contribution in [1.82, 2.24) is 0 Å². The molecule has 61 heavy (non-hydrogen) atoms. The van der Waals surface area contributed by atoms with Crippen molar-refractivity contribution < 1.29 is 44.5 Å². The monoisotopic (exact) mass is 891 g/mol. The van der Waals surface area contributed by atoms with E-state index >= 15 is 0 Å². The van der Waals surface area contributed by atoms with Crippen LogP contribution in [0.4, 0.5) is 30.2 Å². The molecule has 0 saturated carbocycles. The Morgan fingerprint density at radius 2 is 1.10 bits per heavy atom. The van der Waals surface area contributed by atoms with Gasteiger partial charge in [0.05, 0.1) is 37.2 Å². The van der Waals surface area contributed by atoms with Crippen LogP contribution in [-0.4, -0.2) is 33.3 Å². The highest BCUT2D eigenvalue weighted by molar-refractivity contribution is 7.93. The second-order valence-electron chi connectivity index (χ2n) is 13.5. The van der Waals surface area contributed by atoms with Gasteiger partial charge < -0.3 is 0 Å². The number of hydrogen-bond donors (Lipinski definition) is 2. The molecule has 6 aromatic rings. The molecule has 0 bridgehead atoms. The smallest absolute Gasteiger partial charge is 0.289 e. The zero-order valence-corrected chi connectivity index (χ0v) is 35.0. The first kappa shape index (κ1) is 45.7. The summed E-state index contributed by atoms with van der Waals surface area (Å²) in [5.74, 6) is -1.31. The number of nitro benzene ring substituents is 1. The van der Waals surface area contributed by atoms with E-state index in [2.05, 4.69) is 9.44 Å². The van der Waals surface area contributed by atoms with E-state index in [-0.39, 0.29) is 32.5 Å². The normalized spacial score (nSPS) is 11.5. The van der Waals surface area contributed by atoms with E-state index < -0.39 is 59.3 Å². The van der Waals surface area contributed by atoms with Crippen LogP contribution >= 0.6 is 11.6 Å². The zero-order chi connectivity index (χ0) is 44.7. The van der Waals surface area contributed by atoms with Crippen LogP contribution < -0.4 is 9.44 Å². The Bertz CT molecular complexity index is 2840. The number of rotatable bonds is 13. The van der Waals surface area contributed by atoms with E-state index in [0.717, 1.165) is 59.5 Å². The van der Waals surface area contributed by atoms with Crippen molar-refractivity contribution in [2.75, 3.05) is 9.44 Å². The van der Waals surface area contributed by atoms with Gasteiger partial charge in [-0.15, -0.1) is 0 Å². The van der Waals surface area contributed by atoms with Crippen LogP contribution in [0.15, 0.2) is 143 Å². The highest BCUT2D eigenvalue weighted by Gasteiger charge is 2.32. The molecule has 0 aromatic heterocycles. The molecule has 11 nitrogen and oxygen atoms in total. The lowest BCUT2D eigenvalue weighted by molar-refractivity contribution is -0.384. The molecule has 0 aliphatic carbocycles. The Kier molecular flexibility index (Phi) is 14.2. The van der Waals surface area contributed by atoms with Crippen LogP contribution in [0.25, 0.3) is 0 Å². The van der Waals surface area contributed by atoms with Crippen molar-refractivity contribution in [3.8, 4) is 0 Å². The first-order chi connectivity index (χ1) is 28.7. The summed E-state index contributed by atoms with van der Waals surface area (Å²) in [5, 5.41) is 11.5. The first-order valence-electron chi connectivity index (χ1n) is 18.4. The van der Waals surface area contributed by atoms with E-state index in [1.165, 1.54) is 24.3 Å². The largest absolute Gasteiger partial charge is 0.416 e. The molecule has 0 fully saturated rings. The lowest BCUT2D eigenvalue weighted by Crippen LogP contribution is -2.16. The minimum absolute atomic E-state index is 0.115. The predicted octanol–water partition coefficient (Wildman–Crippen LogP) is 10.5. The Morgan fingerprint density at radius 1 is 0.639 bits per heavy atom. The molecule has 6 aromatic carbocycles. The predicted molar refractivity (Wildman–Crippen MR) is 227 cm³/mol. The number of aryl methyl sites for hydroxylation is 3. The molecule has 2 N–H and O–H groups in total. The topological polar surface area (TPSA) is 170 Å². The van der Waals surface area contributed by atoms with Crippen LogP contribution in [-0.2, 0) is 39.1 Å². The minimum atomic E-state index is -4.71. The van der Waals surface area contributed by atoms with Crippen molar-refractivity contribution in [3.05, 3.63) is 193 Å². The summed E-state index contributed by atoms with van der Waals surface area (Å²) < 4.78 is 95.1. The SMILES string of the molecule is CCc1ccc(S(=O)(=O)Nc2ccc(Cl)cc2C(=O)c2cccc(C)c2)cc1.CCc1ccc(S(=O)(=O)Nc2ccc([N+](=O)[O-])cc2C(=O)c2cccc(C(F)(F)F)c2)cc1. The summed E-state index contributed by atoms with van der Waals surface area (Å²) in [5.41, 5.74) is 0.948. The van der Waals surface area contributed by atoms with Crippen LogP contribution in [0.1, 0.15) is 67.9 Å². The quantitative estimate of drug-likeness (QED) is 0.0656. The van der Waals surface area contributed by atoms with Gasteiger partial charge in [-0.3, -0.25) is 29.1 Å². The Labute approximate surface area is 355 Å². The number of non-ortho nitro benzene ring substituents is 1. The van der Waals surface area contributed by atoms with Crippen LogP contribution in [0.3, 0.4) is 0 Å². The number of carbonyl (C=O) groups excluding carboxylic acids is 2. The molecule has 0 spiro atoms. The lowest BCUT2D eigenvalue weighted by Gasteiger charge is -2.13. The highest BCUT2D eigenvalue weighted by Crippen LogP contribution is 2.32. The van der Waals surface area contributed by atoms with Crippen molar-refractivity contribution in [2.24, 2.45) is 0 Å². The van der Waals surface area contributed by atoms with Crippen molar-refractivity contribution in [1.29, 1.82) is 0 Å². The van der Waals surface area contributed by atoms with E-state index in [0.29, 0.717) is 23.1 Å². The van der Waals surface area contributed by atoms with Crippen molar-refractivity contribution in [3.63, 3.8) is 0 Å². The number of halogens is 4. The summed E-state index contributed by atoms with van der Waals surface area (Å²) >= 11 is 6.07. The number of alkyl halides is 3. The van der Waals surface area contributed by atoms with E-state index in [9.17, 15) is 49.7 Å². The van der Waals surface area contributed by atoms with Gasteiger partial charge in [-0.05, 0) is 97.6 Å². The van der Waals surface area contributed by atoms with E-state index in [1.54, 1.807) is 60.7 Å². The number of nitrogens with one attached hydrogen (secondary N) is 2. The lowest BCUT2D eigenvalue weighted by atomic mass is 9.99. The van der Waals surface area contributed by atoms with Crippen LogP contribution in [0.2, 0.25) is 5.02 Å². The van der Waals surface area contributed by atoms with Gasteiger partial charge in [0, 0.05) is 33.8 Å². The standard InChI is InChI=1S/C22H20ClNO3S.C22H17F3N2O5S/c1-3-16-7-10-19(11-8-16)28(26,27)24-21-12-9-18(23)14-20(21)22(25)17-6-4-5-15(2)13-17;1-2-14-6-9-18(10-7-14)33(31,32)26-20-11-8-17(27(29)30)13-19(20)21(28)15-4-3-5-16(12-15)22(23,24)25/h4-14,24H,3H2,1-2H3;3-13,26H,2H2,1H3. The molecule has 0 atom stereocenters. The molecule has 6 rings (SSSR count). The Morgan fingerprint density at radius 3 is 1.56 bits per heavy atom. The van der Waals surface area contributed by atoms with Crippen LogP contribution in [0.5, 0.6) is 0 Å². The van der Waals surface area contributed by atoms with Crippen molar-refractivity contribution in [2.45, 2.75) is 49.6 Å². The molecule has 0 radical (unpaired) electrons. The molecular formula is C44H37ClF3N3O8S2. The van der Waals surface area contributed by atoms with Gasteiger partial charge in [0.25, 0.3) is 25.7 Å². The van der Waals surface area contributed by atoms with Gasteiger partial charge >= 0.3 is 6.18 Å². The maximum Gasteiger partial charge on any atom is 0.416 e. The highest BCUT2D eigenvalue weighted by atomic mass is 35.5. The molecule has 0 aliphatic heterocycles. The van der Waals surface area contributed by atoms with E-state index in [4.69, 9.17) is 11.6 Å². The fraction of sp³-hybridized carbons (Fsp3) is 0.136.